The van der Waals surface area contributed by atoms with Crippen molar-refractivity contribution in [2.75, 3.05) is 0 Å². The van der Waals surface area contributed by atoms with Crippen LogP contribution in [0, 0.1) is 17.6 Å². The zero-order valence-corrected chi connectivity index (χ0v) is 9.27. The van der Waals surface area contributed by atoms with Gasteiger partial charge in [-0.2, -0.15) is 0 Å². The average molecular weight is 267 g/mol. The van der Waals surface area contributed by atoms with E-state index in [9.17, 15) is 13.6 Å². The number of rotatable bonds is 2. The Morgan fingerprint density at radius 3 is 2.12 bits per heavy atom. The van der Waals surface area contributed by atoms with Crippen LogP contribution in [0.1, 0.15) is 11.5 Å². The summed E-state index contributed by atoms with van der Waals surface area (Å²) >= 11 is 11.5. The summed E-state index contributed by atoms with van der Waals surface area (Å²) in [5.41, 5.74) is 0.162. The first kappa shape index (κ1) is 11.6. The van der Waals surface area contributed by atoms with E-state index < -0.39 is 33.8 Å². The van der Waals surface area contributed by atoms with Crippen molar-refractivity contribution in [2.45, 2.75) is 10.3 Å². The van der Waals surface area contributed by atoms with Gasteiger partial charge in [0, 0.05) is 12.0 Å². The largest absolute Gasteiger partial charge is 0.481 e. The first-order valence-electron chi connectivity index (χ1n) is 4.40. The first-order chi connectivity index (χ1) is 7.34. The van der Waals surface area contributed by atoms with Gasteiger partial charge in [-0.05, 0) is 17.7 Å². The number of carbonyl (C=O) groups is 1. The maximum Gasteiger partial charge on any atom is 0.310 e. The molecule has 1 aromatic rings. The van der Waals surface area contributed by atoms with Gasteiger partial charge in [0.2, 0.25) is 0 Å². The summed E-state index contributed by atoms with van der Waals surface area (Å²) in [5.74, 6) is -4.56. The second-order valence-corrected chi connectivity index (χ2v) is 5.12. The molecule has 6 heteroatoms. The summed E-state index contributed by atoms with van der Waals surface area (Å²) in [6, 6.07) is 2.78. The number of aliphatic carboxylic acids is 1. The molecule has 16 heavy (non-hydrogen) atoms. The maximum absolute atomic E-state index is 12.9. The number of hydrogen-bond acceptors (Lipinski definition) is 1. The van der Waals surface area contributed by atoms with E-state index in [-0.39, 0.29) is 5.56 Å². The van der Waals surface area contributed by atoms with Gasteiger partial charge in [0.1, 0.15) is 16.0 Å². The van der Waals surface area contributed by atoms with Gasteiger partial charge in [-0.3, -0.25) is 4.79 Å². The summed E-state index contributed by atoms with van der Waals surface area (Å²) in [7, 11) is 0. The van der Waals surface area contributed by atoms with E-state index in [1.165, 1.54) is 0 Å². The molecule has 0 aliphatic heterocycles. The molecule has 1 N–H and O–H groups in total. The molecule has 1 saturated carbocycles. The normalized spacial score (nSPS) is 26.5. The first-order valence-corrected chi connectivity index (χ1v) is 5.16. The van der Waals surface area contributed by atoms with Crippen molar-refractivity contribution in [3.8, 4) is 0 Å². The fraction of sp³-hybridized carbons (Fsp3) is 0.300. The molecule has 1 aliphatic carbocycles. The van der Waals surface area contributed by atoms with E-state index in [0.717, 1.165) is 12.1 Å². The molecule has 0 amide bonds. The quantitative estimate of drug-likeness (QED) is 0.836. The van der Waals surface area contributed by atoms with Crippen LogP contribution in [0.15, 0.2) is 18.2 Å². The molecule has 86 valence electrons. The molecular formula is C10H6Cl2F2O2. The predicted octanol–water partition coefficient (Wildman–Crippen LogP) is 2.94. The van der Waals surface area contributed by atoms with Crippen LogP contribution in [0.5, 0.6) is 0 Å². The summed E-state index contributed by atoms with van der Waals surface area (Å²) in [6.45, 7) is 0. The number of halogens is 4. The third kappa shape index (κ3) is 1.76. The number of carboxylic acids is 1. The van der Waals surface area contributed by atoms with Crippen LogP contribution in [-0.2, 0) is 4.79 Å². The van der Waals surface area contributed by atoms with Gasteiger partial charge in [0.25, 0.3) is 0 Å². The monoisotopic (exact) mass is 266 g/mol. The molecule has 0 spiro atoms. The molecular weight excluding hydrogens is 261 g/mol. The molecule has 0 saturated heterocycles. The van der Waals surface area contributed by atoms with Gasteiger partial charge < -0.3 is 5.11 Å². The van der Waals surface area contributed by atoms with Crippen molar-refractivity contribution >= 4 is 29.2 Å². The molecule has 1 aliphatic rings. The third-order valence-corrected chi connectivity index (χ3v) is 3.50. The summed E-state index contributed by atoms with van der Waals surface area (Å²) in [4.78, 5) is 10.8. The zero-order valence-electron chi connectivity index (χ0n) is 7.75. The highest BCUT2D eigenvalue weighted by Gasteiger charge is 2.68. The lowest BCUT2D eigenvalue weighted by Crippen LogP contribution is -2.03. The van der Waals surface area contributed by atoms with Gasteiger partial charge in [-0.15, -0.1) is 0 Å². The fourth-order valence-corrected chi connectivity index (χ4v) is 2.62. The summed E-state index contributed by atoms with van der Waals surface area (Å²) < 4.78 is 24.4. The van der Waals surface area contributed by atoms with Crippen molar-refractivity contribution in [3.05, 3.63) is 35.4 Å². The van der Waals surface area contributed by atoms with Crippen LogP contribution >= 0.6 is 23.2 Å². The number of carboxylic acid groups (broad SMARTS) is 1. The Labute approximate surface area is 99.8 Å². The van der Waals surface area contributed by atoms with Gasteiger partial charge >= 0.3 is 5.97 Å². The summed E-state index contributed by atoms with van der Waals surface area (Å²) in [6.07, 6.45) is 0. The van der Waals surface area contributed by atoms with Gasteiger partial charge in [-0.25, -0.2) is 8.78 Å². The SMILES string of the molecule is O=C(O)[C@@H]1[C@@H](c2cc(F)cc(F)c2)C1(Cl)Cl. The smallest absolute Gasteiger partial charge is 0.310 e. The minimum absolute atomic E-state index is 0.162. The molecule has 0 unspecified atom stereocenters. The van der Waals surface area contributed by atoms with Crippen LogP contribution in [0.3, 0.4) is 0 Å². The molecule has 0 heterocycles. The molecule has 0 radical (unpaired) electrons. The zero-order chi connectivity index (χ0) is 12.1. The Morgan fingerprint density at radius 1 is 1.25 bits per heavy atom. The predicted molar refractivity (Wildman–Crippen MR) is 54.7 cm³/mol. The molecule has 1 fully saturated rings. The van der Waals surface area contributed by atoms with Crippen LogP contribution in [0.2, 0.25) is 0 Å². The Morgan fingerprint density at radius 2 is 1.75 bits per heavy atom. The van der Waals surface area contributed by atoms with E-state index in [4.69, 9.17) is 28.3 Å². The van der Waals surface area contributed by atoms with Crippen LogP contribution in [0.4, 0.5) is 8.78 Å². The van der Waals surface area contributed by atoms with Crippen LogP contribution in [-0.4, -0.2) is 15.4 Å². The minimum atomic E-state index is -1.49. The molecule has 2 rings (SSSR count). The summed E-state index contributed by atoms with van der Waals surface area (Å²) in [5, 5.41) is 8.80. The molecule has 2 atom stereocenters. The fourth-order valence-electron chi connectivity index (χ4n) is 1.80. The van der Waals surface area contributed by atoms with E-state index in [0.29, 0.717) is 6.07 Å². The second kappa shape index (κ2) is 3.57. The minimum Gasteiger partial charge on any atom is -0.481 e. The molecule has 0 aromatic heterocycles. The topological polar surface area (TPSA) is 37.3 Å². The van der Waals surface area contributed by atoms with Crippen molar-refractivity contribution in [1.82, 2.24) is 0 Å². The lowest BCUT2D eigenvalue weighted by atomic mass is 10.1. The lowest BCUT2D eigenvalue weighted by molar-refractivity contribution is -0.138. The lowest BCUT2D eigenvalue weighted by Gasteiger charge is -2.00. The van der Waals surface area contributed by atoms with Crippen LogP contribution in [0.25, 0.3) is 0 Å². The van der Waals surface area contributed by atoms with Gasteiger partial charge in [0.15, 0.2) is 0 Å². The molecule has 1 aromatic carbocycles. The van der Waals surface area contributed by atoms with Gasteiger partial charge in [-0.1, -0.05) is 23.2 Å². The third-order valence-electron chi connectivity index (χ3n) is 2.56. The highest BCUT2D eigenvalue weighted by atomic mass is 35.5. The number of benzene rings is 1. The van der Waals surface area contributed by atoms with E-state index in [1.807, 2.05) is 0 Å². The highest BCUT2D eigenvalue weighted by molar-refractivity contribution is 6.53. The molecule has 2 nitrogen and oxygen atoms in total. The highest BCUT2D eigenvalue weighted by Crippen LogP contribution is 2.65. The number of alkyl halides is 2. The Balaban J connectivity index is 2.37. The van der Waals surface area contributed by atoms with Crippen molar-refractivity contribution in [3.63, 3.8) is 0 Å². The van der Waals surface area contributed by atoms with E-state index in [2.05, 4.69) is 0 Å². The van der Waals surface area contributed by atoms with E-state index in [1.54, 1.807) is 0 Å². The van der Waals surface area contributed by atoms with Crippen molar-refractivity contribution in [1.29, 1.82) is 0 Å². The van der Waals surface area contributed by atoms with Crippen molar-refractivity contribution < 1.29 is 18.7 Å². The Hall–Kier alpha value is -0.870. The van der Waals surface area contributed by atoms with Crippen LogP contribution < -0.4 is 0 Å². The van der Waals surface area contributed by atoms with E-state index >= 15 is 0 Å². The number of hydrogen-bond donors (Lipinski definition) is 1. The Kier molecular flexibility index (Phi) is 2.59. The molecule has 0 bridgehead atoms. The maximum atomic E-state index is 12.9. The average Bonchev–Trinajstić information content (AvgIpc) is 2.67. The standard InChI is InChI=1S/C10H6Cl2F2O2/c11-10(12)7(8(10)9(15)16)4-1-5(13)3-6(14)2-4/h1-3,7-8H,(H,15,16)/t7-,8+/m1/s1. The van der Waals surface area contributed by atoms with Gasteiger partial charge in [0.05, 0.1) is 5.92 Å². The Bertz CT molecular complexity index is 442. The van der Waals surface area contributed by atoms with Crippen molar-refractivity contribution in [2.24, 2.45) is 5.92 Å². The second-order valence-electron chi connectivity index (χ2n) is 3.67.